The van der Waals surface area contributed by atoms with Crippen molar-refractivity contribution in [1.29, 1.82) is 0 Å². The molecule has 0 N–H and O–H groups in total. The standard InChI is InChI=1S/C19H17OS.AsF6/c1-20-16-9-8-14-19(15-16)21(17-10-4-2-5-11-17)18-12-6-3-7-13-18;2-1(3,4,5,6)7/h2-15H,1H3;/q+1;-1. The van der Waals surface area contributed by atoms with Crippen LogP contribution in [0.15, 0.2) is 99.6 Å². The molecule has 28 heavy (non-hydrogen) atoms. The fraction of sp³-hybridized carbons (Fsp3) is 0.0526. The number of halogens is 6. The van der Waals surface area contributed by atoms with Crippen LogP contribution in [-0.4, -0.2) is 21.3 Å². The third kappa shape index (κ3) is 8.76. The van der Waals surface area contributed by atoms with E-state index in [1.165, 1.54) is 14.7 Å². The van der Waals surface area contributed by atoms with Gasteiger partial charge in [0, 0.05) is 6.07 Å². The van der Waals surface area contributed by atoms with Crippen molar-refractivity contribution >= 4 is 25.1 Å². The zero-order chi connectivity index (χ0) is 20.9. The molecule has 152 valence electrons. The van der Waals surface area contributed by atoms with Crippen molar-refractivity contribution in [2.75, 3.05) is 7.11 Å². The van der Waals surface area contributed by atoms with Crippen LogP contribution in [0.4, 0.5) is 20.8 Å². The first-order chi connectivity index (χ1) is 12.8. The maximum atomic E-state index is 9.91. The Bertz CT molecular complexity index is 851. The van der Waals surface area contributed by atoms with E-state index in [-0.39, 0.29) is 10.9 Å². The van der Waals surface area contributed by atoms with Gasteiger partial charge in [0.25, 0.3) is 0 Å². The summed E-state index contributed by atoms with van der Waals surface area (Å²) in [4.78, 5) is 3.90. The summed E-state index contributed by atoms with van der Waals surface area (Å²) in [6.07, 6.45) is 0. The Morgan fingerprint density at radius 1 is 0.607 bits per heavy atom. The minimum absolute atomic E-state index is 0.107. The molecule has 0 radical (unpaired) electrons. The van der Waals surface area contributed by atoms with E-state index < -0.39 is 14.2 Å². The van der Waals surface area contributed by atoms with E-state index >= 15 is 0 Å². The summed E-state index contributed by atoms with van der Waals surface area (Å²) in [5.74, 6) is 0.900. The molecule has 0 amide bonds. The molecule has 0 fully saturated rings. The fourth-order valence-corrected chi connectivity index (χ4v) is 4.37. The van der Waals surface area contributed by atoms with Gasteiger partial charge in [0.1, 0.15) is 5.75 Å². The van der Waals surface area contributed by atoms with E-state index in [1.807, 2.05) is 6.07 Å². The Hall–Kier alpha value is -2.05. The van der Waals surface area contributed by atoms with E-state index in [9.17, 15) is 20.8 Å². The molecule has 0 bridgehead atoms. The fourth-order valence-electron chi connectivity index (χ4n) is 2.25. The van der Waals surface area contributed by atoms with Crippen molar-refractivity contribution in [3.8, 4) is 5.75 Å². The molecular weight excluding hydrogens is 465 g/mol. The van der Waals surface area contributed by atoms with Crippen molar-refractivity contribution in [2.45, 2.75) is 14.7 Å². The van der Waals surface area contributed by atoms with Crippen molar-refractivity contribution in [3.05, 3.63) is 84.9 Å². The summed E-state index contributed by atoms with van der Waals surface area (Å²) in [6, 6.07) is 29.6. The molecule has 0 aliphatic rings. The van der Waals surface area contributed by atoms with E-state index in [4.69, 9.17) is 4.74 Å². The Morgan fingerprint density at radius 3 is 1.39 bits per heavy atom. The van der Waals surface area contributed by atoms with Gasteiger partial charge in [0.15, 0.2) is 14.7 Å². The van der Waals surface area contributed by atoms with Gasteiger partial charge in [0.05, 0.1) is 18.0 Å². The summed E-state index contributed by atoms with van der Waals surface area (Å²) in [5.41, 5.74) is 0. The van der Waals surface area contributed by atoms with Crippen LogP contribution in [0, 0.1) is 0 Å². The zero-order valence-electron chi connectivity index (χ0n) is 14.6. The third-order valence-corrected chi connectivity index (χ3v) is 5.45. The van der Waals surface area contributed by atoms with E-state index in [0.29, 0.717) is 0 Å². The van der Waals surface area contributed by atoms with Gasteiger partial charge in [-0.1, -0.05) is 42.5 Å². The SMILES string of the molecule is COc1cccc([S+](c2ccccc2)c2ccccc2)c1.F[As-](F)(F)(F)(F)F. The molecular formula is C19H17AsF6OS. The second kappa shape index (κ2) is 7.76. The van der Waals surface area contributed by atoms with Gasteiger partial charge in [-0.2, -0.15) is 0 Å². The molecule has 0 aliphatic carbocycles. The van der Waals surface area contributed by atoms with Crippen LogP contribution in [0.3, 0.4) is 0 Å². The first kappa shape index (κ1) is 22.2. The number of methoxy groups -OCH3 is 1. The molecule has 0 saturated heterocycles. The molecule has 0 aliphatic heterocycles. The number of rotatable bonds is 4. The topological polar surface area (TPSA) is 9.23 Å². The normalized spacial score (nSPS) is 13.7. The van der Waals surface area contributed by atoms with E-state index in [2.05, 4.69) is 78.9 Å². The van der Waals surface area contributed by atoms with Crippen molar-refractivity contribution in [2.24, 2.45) is 0 Å². The first-order valence-corrected chi connectivity index (χ1v) is 13.4. The van der Waals surface area contributed by atoms with Crippen molar-refractivity contribution in [1.82, 2.24) is 0 Å². The third-order valence-electron chi connectivity index (χ3n) is 3.23. The van der Waals surface area contributed by atoms with Gasteiger partial charge in [-0.25, -0.2) is 0 Å². The van der Waals surface area contributed by atoms with Crippen molar-refractivity contribution in [3.63, 3.8) is 0 Å². The van der Waals surface area contributed by atoms with E-state index in [0.717, 1.165) is 5.75 Å². The van der Waals surface area contributed by atoms with Crippen LogP contribution >= 0.6 is 0 Å². The summed E-state index contributed by atoms with van der Waals surface area (Å²) >= 11 is -11.1. The molecule has 3 aromatic carbocycles. The van der Waals surface area contributed by atoms with Crippen LogP contribution in [0.5, 0.6) is 5.75 Å². The van der Waals surface area contributed by atoms with Gasteiger partial charge in [0.2, 0.25) is 0 Å². The van der Waals surface area contributed by atoms with Crippen LogP contribution < -0.4 is 4.74 Å². The van der Waals surface area contributed by atoms with E-state index in [1.54, 1.807) is 7.11 Å². The molecule has 0 saturated carbocycles. The first-order valence-electron chi connectivity index (χ1n) is 7.88. The Kier molecular flexibility index (Phi) is 6.16. The van der Waals surface area contributed by atoms with Crippen molar-refractivity contribution < 1.29 is 25.5 Å². The molecule has 0 unspecified atom stereocenters. The quantitative estimate of drug-likeness (QED) is 0.223. The summed E-state index contributed by atoms with van der Waals surface area (Å²) in [5, 5.41) is 0. The Balaban J connectivity index is 0.000000345. The second-order valence-electron chi connectivity index (χ2n) is 5.57. The summed E-state index contributed by atoms with van der Waals surface area (Å²) < 4.78 is 64.8. The molecule has 9 heteroatoms. The van der Waals surface area contributed by atoms with Crippen LogP contribution in [0.25, 0.3) is 0 Å². The number of hydrogen-bond acceptors (Lipinski definition) is 1. The van der Waals surface area contributed by atoms with Gasteiger partial charge < -0.3 is 4.74 Å². The molecule has 0 heterocycles. The average molecular weight is 482 g/mol. The number of ether oxygens (including phenoxy) is 1. The van der Waals surface area contributed by atoms with Crippen LogP contribution in [-0.2, 0) is 10.9 Å². The maximum absolute atomic E-state index is 11.1. The Labute approximate surface area is 163 Å². The Morgan fingerprint density at radius 2 is 1.00 bits per heavy atom. The zero-order valence-corrected chi connectivity index (χ0v) is 17.3. The predicted molar refractivity (Wildman–Crippen MR) is 100 cm³/mol. The molecule has 0 spiro atoms. The van der Waals surface area contributed by atoms with Gasteiger partial charge in [-0.3, -0.25) is 0 Å². The molecule has 3 rings (SSSR count). The molecule has 1 nitrogen and oxygen atoms in total. The van der Waals surface area contributed by atoms with Crippen LogP contribution in [0.2, 0.25) is 0 Å². The average Bonchev–Trinajstić information content (AvgIpc) is 2.61. The summed E-state index contributed by atoms with van der Waals surface area (Å²) in [6.45, 7) is 0. The number of benzene rings is 3. The van der Waals surface area contributed by atoms with Gasteiger partial charge in [-0.15, -0.1) is 0 Å². The minimum atomic E-state index is -11.1. The number of hydrogen-bond donors (Lipinski definition) is 0. The monoisotopic (exact) mass is 482 g/mol. The molecule has 0 atom stereocenters. The van der Waals surface area contributed by atoms with Gasteiger partial charge in [-0.05, 0) is 36.4 Å². The second-order valence-corrected chi connectivity index (χ2v) is 11.6. The van der Waals surface area contributed by atoms with Crippen LogP contribution in [0.1, 0.15) is 0 Å². The predicted octanol–water partition coefficient (Wildman–Crippen LogP) is 6.93. The summed E-state index contributed by atoms with van der Waals surface area (Å²) in [7, 11) is 1.60. The van der Waals surface area contributed by atoms with Gasteiger partial charge >= 0.3 is 35.0 Å². The molecule has 3 aromatic rings. The molecule has 0 aromatic heterocycles.